The number of nitrogens with zero attached hydrogens (tertiary/aromatic N) is 1. The number of thiophene rings is 1. The zero-order valence-electron chi connectivity index (χ0n) is 10.7. The SMILES string of the molecule is NC(=NC1CCCc2sccc21)NC1CCCC1. The third-order valence-electron chi connectivity index (χ3n) is 4.02. The van der Waals surface area contributed by atoms with Gasteiger partial charge >= 0.3 is 0 Å². The minimum Gasteiger partial charge on any atom is -0.370 e. The van der Waals surface area contributed by atoms with Gasteiger partial charge in [0.2, 0.25) is 0 Å². The van der Waals surface area contributed by atoms with Crippen molar-refractivity contribution in [3.8, 4) is 0 Å². The fraction of sp³-hybridized carbons (Fsp3) is 0.643. The Labute approximate surface area is 112 Å². The molecule has 1 aromatic rings. The molecule has 3 nitrogen and oxygen atoms in total. The summed E-state index contributed by atoms with van der Waals surface area (Å²) in [6.45, 7) is 0. The van der Waals surface area contributed by atoms with Crippen LogP contribution in [0.15, 0.2) is 16.4 Å². The lowest BCUT2D eigenvalue weighted by Crippen LogP contribution is -2.38. The zero-order chi connectivity index (χ0) is 12.4. The number of nitrogens with two attached hydrogens (primary N) is 1. The van der Waals surface area contributed by atoms with E-state index in [9.17, 15) is 0 Å². The summed E-state index contributed by atoms with van der Waals surface area (Å²) in [5, 5.41) is 5.56. The predicted octanol–water partition coefficient (Wildman–Crippen LogP) is 2.97. The zero-order valence-corrected chi connectivity index (χ0v) is 11.5. The van der Waals surface area contributed by atoms with Gasteiger partial charge in [-0.25, -0.2) is 4.99 Å². The monoisotopic (exact) mass is 263 g/mol. The molecule has 3 rings (SSSR count). The van der Waals surface area contributed by atoms with Gasteiger partial charge in [-0.2, -0.15) is 0 Å². The summed E-state index contributed by atoms with van der Waals surface area (Å²) in [6.07, 6.45) is 8.71. The van der Waals surface area contributed by atoms with Crippen LogP contribution in [0.4, 0.5) is 0 Å². The third kappa shape index (κ3) is 2.53. The van der Waals surface area contributed by atoms with Gasteiger partial charge in [0.05, 0.1) is 6.04 Å². The Balaban J connectivity index is 1.68. The average molecular weight is 263 g/mol. The molecule has 0 amide bonds. The summed E-state index contributed by atoms with van der Waals surface area (Å²) >= 11 is 1.86. The number of fused-ring (bicyclic) bond motifs is 1. The van der Waals surface area contributed by atoms with Gasteiger partial charge in [-0.1, -0.05) is 12.8 Å². The van der Waals surface area contributed by atoms with E-state index in [-0.39, 0.29) is 6.04 Å². The fourth-order valence-corrected chi connectivity index (χ4v) is 4.06. The lowest BCUT2D eigenvalue weighted by molar-refractivity contribution is 0.568. The first-order chi connectivity index (χ1) is 8.83. The van der Waals surface area contributed by atoms with Crippen LogP contribution in [0.2, 0.25) is 0 Å². The molecule has 0 spiro atoms. The molecule has 1 aromatic heterocycles. The Bertz CT molecular complexity index is 432. The van der Waals surface area contributed by atoms with E-state index in [0.29, 0.717) is 12.0 Å². The minimum absolute atomic E-state index is 0.286. The van der Waals surface area contributed by atoms with Crippen molar-refractivity contribution in [2.24, 2.45) is 10.7 Å². The summed E-state index contributed by atoms with van der Waals surface area (Å²) in [7, 11) is 0. The molecule has 18 heavy (non-hydrogen) atoms. The number of aryl methyl sites for hydroxylation is 1. The maximum absolute atomic E-state index is 6.05. The first-order valence-electron chi connectivity index (χ1n) is 6.99. The van der Waals surface area contributed by atoms with Crippen LogP contribution < -0.4 is 11.1 Å². The summed E-state index contributed by atoms with van der Waals surface area (Å²) in [4.78, 5) is 6.21. The van der Waals surface area contributed by atoms with E-state index < -0.39 is 0 Å². The summed E-state index contributed by atoms with van der Waals surface area (Å²) in [6, 6.07) is 3.06. The van der Waals surface area contributed by atoms with Gasteiger partial charge in [-0.05, 0) is 49.1 Å². The Morgan fingerprint density at radius 2 is 2.11 bits per heavy atom. The molecule has 4 heteroatoms. The molecule has 1 unspecified atom stereocenters. The number of rotatable bonds is 2. The highest BCUT2D eigenvalue weighted by molar-refractivity contribution is 7.10. The molecule has 1 atom stereocenters. The van der Waals surface area contributed by atoms with Gasteiger partial charge in [0, 0.05) is 10.9 Å². The standard InChI is InChI=1S/C14H21N3S/c15-14(16-10-4-1-2-5-10)17-12-6-3-7-13-11(12)8-9-18-13/h8-10,12H,1-7H2,(H3,15,16,17). The smallest absolute Gasteiger partial charge is 0.189 e. The maximum atomic E-state index is 6.05. The second kappa shape index (κ2) is 5.31. The molecule has 1 heterocycles. The number of hydrogen-bond donors (Lipinski definition) is 2. The van der Waals surface area contributed by atoms with Crippen LogP contribution in [-0.4, -0.2) is 12.0 Å². The molecule has 0 aliphatic heterocycles. The molecular formula is C14H21N3S. The van der Waals surface area contributed by atoms with Gasteiger partial charge in [0.25, 0.3) is 0 Å². The van der Waals surface area contributed by atoms with Crippen molar-refractivity contribution < 1.29 is 0 Å². The topological polar surface area (TPSA) is 50.4 Å². The molecule has 3 N–H and O–H groups in total. The van der Waals surface area contributed by atoms with Crippen molar-refractivity contribution in [2.45, 2.75) is 57.0 Å². The van der Waals surface area contributed by atoms with E-state index in [4.69, 9.17) is 10.7 Å². The second-order valence-electron chi connectivity index (χ2n) is 5.35. The van der Waals surface area contributed by atoms with E-state index in [1.165, 1.54) is 49.0 Å². The summed E-state index contributed by atoms with van der Waals surface area (Å²) in [5.74, 6) is 0.644. The molecule has 0 radical (unpaired) electrons. The first kappa shape index (κ1) is 12.0. The predicted molar refractivity (Wildman–Crippen MR) is 77.0 cm³/mol. The van der Waals surface area contributed by atoms with Crippen LogP contribution in [0, 0.1) is 0 Å². The van der Waals surface area contributed by atoms with Gasteiger partial charge in [0.15, 0.2) is 5.96 Å². The van der Waals surface area contributed by atoms with Crippen molar-refractivity contribution in [2.75, 3.05) is 0 Å². The van der Waals surface area contributed by atoms with Crippen LogP contribution >= 0.6 is 11.3 Å². The lowest BCUT2D eigenvalue weighted by atomic mass is 9.95. The number of hydrogen-bond acceptors (Lipinski definition) is 2. The summed E-state index contributed by atoms with van der Waals surface area (Å²) < 4.78 is 0. The van der Waals surface area contributed by atoms with Crippen molar-refractivity contribution in [3.05, 3.63) is 21.9 Å². The van der Waals surface area contributed by atoms with Crippen LogP contribution in [0.1, 0.15) is 55.0 Å². The summed E-state index contributed by atoms with van der Waals surface area (Å²) in [5.41, 5.74) is 7.46. The first-order valence-corrected chi connectivity index (χ1v) is 7.87. The molecule has 2 aliphatic carbocycles. The second-order valence-corrected chi connectivity index (χ2v) is 6.35. The highest BCUT2D eigenvalue weighted by Crippen LogP contribution is 2.35. The number of nitrogens with one attached hydrogen (secondary N) is 1. The molecule has 2 aliphatic rings. The van der Waals surface area contributed by atoms with Crippen molar-refractivity contribution >= 4 is 17.3 Å². The minimum atomic E-state index is 0.286. The average Bonchev–Trinajstić information content (AvgIpc) is 2.99. The highest BCUT2D eigenvalue weighted by atomic mass is 32.1. The molecule has 1 fully saturated rings. The van der Waals surface area contributed by atoms with Crippen molar-refractivity contribution in [1.82, 2.24) is 5.32 Å². The lowest BCUT2D eigenvalue weighted by Gasteiger charge is -2.20. The normalized spacial score (nSPS) is 25.1. The van der Waals surface area contributed by atoms with Gasteiger partial charge in [0.1, 0.15) is 0 Å². The van der Waals surface area contributed by atoms with Crippen LogP contribution in [-0.2, 0) is 6.42 Å². The van der Waals surface area contributed by atoms with E-state index in [0.717, 1.165) is 6.42 Å². The van der Waals surface area contributed by atoms with Gasteiger partial charge in [-0.15, -0.1) is 11.3 Å². The van der Waals surface area contributed by atoms with Crippen molar-refractivity contribution in [3.63, 3.8) is 0 Å². The van der Waals surface area contributed by atoms with E-state index in [1.807, 2.05) is 11.3 Å². The Hall–Kier alpha value is -1.03. The molecule has 0 bridgehead atoms. The van der Waals surface area contributed by atoms with E-state index in [1.54, 1.807) is 0 Å². The van der Waals surface area contributed by atoms with Crippen LogP contribution in [0.25, 0.3) is 0 Å². The molecule has 0 saturated heterocycles. The largest absolute Gasteiger partial charge is 0.370 e. The van der Waals surface area contributed by atoms with E-state index in [2.05, 4.69) is 16.8 Å². The molecule has 98 valence electrons. The number of guanidine groups is 1. The Morgan fingerprint density at radius 1 is 1.28 bits per heavy atom. The Kier molecular flexibility index (Phi) is 3.55. The van der Waals surface area contributed by atoms with Gasteiger partial charge < -0.3 is 11.1 Å². The molecule has 0 aromatic carbocycles. The number of aliphatic imine (C=N–C) groups is 1. The molecule has 1 saturated carbocycles. The maximum Gasteiger partial charge on any atom is 0.189 e. The van der Waals surface area contributed by atoms with Crippen molar-refractivity contribution in [1.29, 1.82) is 0 Å². The third-order valence-corrected chi connectivity index (χ3v) is 5.02. The fourth-order valence-electron chi connectivity index (χ4n) is 3.08. The van der Waals surface area contributed by atoms with Gasteiger partial charge in [-0.3, -0.25) is 0 Å². The van der Waals surface area contributed by atoms with E-state index >= 15 is 0 Å². The van der Waals surface area contributed by atoms with Crippen LogP contribution in [0.3, 0.4) is 0 Å². The quantitative estimate of drug-likeness (QED) is 0.636. The Morgan fingerprint density at radius 3 is 2.94 bits per heavy atom. The highest BCUT2D eigenvalue weighted by Gasteiger charge is 2.21. The molecular weight excluding hydrogens is 242 g/mol. The van der Waals surface area contributed by atoms with Crippen LogP contribution in [0.5, 0.6) is 0 Å².